The van der Waals surface area contributed by atoms with E-state index >= 15 is 0 Å². The number of methoxy groups -OCH3 is 1. The fourth-order valence-electron chi connectivity index (χ4n) is 2.72. The van der Waals surface area contributed by atoms with Gasteiger partial charge in [-0.05, 0) is 33.1 Å². The third-order valence-electron chi connectivity index (χ3n) is 3.98. The lowest BCUT2D eigenvalue weighted by atomic mass is 9.91. The molecule has 1 aliphatic carbocycles. The highest BCUT2D eigenvalue weighted by molar-refractivity contribution is 7.89. The second-order valence-electron chi connectivity index (χ2n) is 5.74. The van der Waals surface area contributed by atoms with E-state index in [0.29, 0.717) is 6.54 Å². The van der Waals surface area contributed by atoms with E-state index in [0.717, 1.165) is 30.0 Å². The Morgan fingerprint density at radius 1 is 1.52 bits per heavy atom. The van der Waals surface area contributed by atoms with Crippen molar-refractivity contribution in [2.75, 3.05) is 26.5 Å². The maximum absolute atomic E-state index is 12.3. The van der Waals surface area contributed by atoms with Crippen LogP contribution >= 0.6 is 11.3 Å². The monoisotopic (exact) mass is 332 g/mol. The molecule has 0 aliphatic heterocycles. The van der Waals surface area contributed by atoms with Gasteiger partial charge in [-0.3, -0.25) is 0 Å². The molecule has 0 saturated carbocycles. The van der Waals surface area contributed by atoms with Crippen LogP contribution in [0.4, 0.5) is 0 Å². The molecule has 1 aliphatic rings. The molecular formula is C14H24N2O3S2. The summed E-state index contributed by atoms with van der Waals surface area (Å²) in [5, 5.41) is 1.07. The minimum atomic E-state index is -3.28. The van der Waals surface area contributed by atoms with Crippen LogP contribution < -0.4 is 0 Å². The van der Waals surface area contributed by atoms with Gasteiger partial charge in [0.1, 0.15) is 0 Å². The highest BCUT2D eigenvalue weighted by atomic mass is 32.2. The number of likely N-dealkylation sites (N-methyl/N-ethyl adjacent to an activating group) is 1. The van der Waals surface area contributed by atoms with Crippen molar-refractivity contribution in [1.29, 1.82) is 0 Å². The summed E-state index contributed by atoms with van der Waals surface area (Å²) in [6.07, 6.45) is 2.91. The Labute approximate surface area is 131 Å². The molecule has 2 rings (SSSR count). The second-order valence-corrected chi connectivity index (χ2v) is 9.14. The zero-order chi connectivity index (χ0) is 15.6. The van der Waals surface area contributed by atoms with Gasteiger partial charge in [-0.15, -0.1) is 11.3 Å². The normalized spacial score (nSPS) is 20.5. The number of rotatable bonds is 6. The van der Waals surface area contributed by atoms with E-state index in [1.165, 1.54) is 16.3 Å². The third-order valence-corrected chi connectivity index (χ3v) is 7.01. The predicted octanol–water partition coefficient (Wildman–Crippen LogP) is 2.17. The first-order chi connectivity index (χ1) is 9.83. The van der Waals surface area contributed by atoms with Crippen molar-refractivity contribution in [3.8, 4) is 0 Å². The summed E-state index contributed by atoms with van der Waals surface area (Å²) in [6, 6.07) is 0. The maximum Gasteiger partial charge on any atom is 0.216 e. The predicted molar refractivity (Wildman–Crippen MR) is 85.4 cm³/mol. The van der Waals surface area contributed by atoms with Crippen molar-refractivity contribution >= 4 is 21.4 Å². The van der Waals surface area contributed by atoms with E-state index < -0.39 is 10.0 Å². The molecule has 0 aromatic carbocycles. The van der Waals surface area contributed by atoms with Crippen molar-refractivity contribution in [3.05, 3.63) is 15.6 Å². The minimum Gasteiger partial charge on any atom is -0.381 e. The van der Waals surface area contributed by atoms with E-state index in [4.69, 9.17) is 4.74 Å². The number of nitrogens with zero attached hydrogens (tertiary/aromatic N) is 2. The van der Waals surface area contributed by atoms with E-state index in [1.54, 1.807) is 25.3 Å². The van der Waals surface area contributed by atoms with Gasteiger partial charge in [-0.25, -0.2) is 17.7 Å². The molecule has 1 aromatic heterocycles. The largest absolute Gasteiger partial charge is 0.381 e. The topological polar surface area (TPSA) is 59.5 Å². The molecule has 1 aromatic rings. The molecule has 0 fully saturated rings. The van der Waals surface area contributed by atoms with Gasteiger partial charge in [-0.2, -0.15) is 0 Å². The summed E-state index contributed by atoms with van der Waals surface area (Å²) < 4.78 is 31.2. The Hall–Kier alpha value is -0.500. The highest BCUT2D eigenvalue weighted by Gasteiger charge is 2.29. The number of hydrogen-bond acceptors (Lipinski definition) is 5. The summed E-state index contributed by atoms with van der Waals surface area (Å²) in [5.41, 5.74) is 1.12. The summed E-state index contributed by atoms with van der Waals surface area (Å²) in [5.74, 6) is 0.242. The molecule has 21 heavy (non-hydrogen) atoms. The Morgan fingerprint density at radius 2 is 2.24 bits per heavy atom. The van der Waals surface area contributed by atoms with Crippen LogP contribution in [-0.4, -0.2) is 50.3 Å². The van der Waals surface area contributed by atoms with E-state index in [9.17, 15) is 8.42 Å². The molecule has 0 radical (unpaired) electrons. The molecule has 5 nitrogen and oxygen atoms in total. The minimum absolute atomic E-state index is 0.0235. The average molecular weight is 332 g/mol. The van der Waals surface area contributed by atoms with Crippen molar-refractivity contribution in [3.63, 3.8) is 0 Å². The molecule has 2 atom stereocenters. The van der Waals surface area contributed by atoms with Crippen molar-refractivity contribution in [2.45, 2.75) is 45.1 Å². The van der Waals surface area contributed by atoms with E-state index in [-0.39, 0.29) is 17.8 Å². The first-order valence-corrected chi connectivity index (χ1v) is 9.69. The van der Waals surface area contributed by atoms with Gasteiger partial charge in [-0.1, -0.05) is 0 Å². The Bertz CT molecular complexity index is 583. The summed E-state index contributed by atoms with van der Waals surface area (Å²) in [4.78, 5) is 5.95. The SMILES string of the molecule is COC(C)CS(=O)(=O)N(C)CC1CCCc2sc(C)nc21. The lowest BCUT2D eigenvalue weighted by Gasteiger charge is -2.26. The van der Waals surface area contributed by atoms with Crippen LogP contribution in [0.15, 0.2) is 0 Å². The first kappa shape index (κ1) is 16.9. The van der Waals surface area contributed by atoms with Crippen LogP contribution in [0.3, 0.4) is 0 Å². The van der Waals surface area contributed by atoms with Gasteiger partial charge < -0.3 is 4.74 Å². The van der Waals surface area contributed by atoms with Crippen LogP contribution in [0.2, 0.25) is 0 Å². The Kier molecular flexibility index (Phi) is 5.40. The smallest absolute Gasteiger partial charge is 0.216 e. The number of fused-ring (bicyclic) bond motifs is 1. The molecule has 0 amide bonds. The number of aryl methyl sites for hydroxylation is 2. The lowest BCUT2D eigenvalue weighted by Crippen LogP contribution is -2.37. The first-order valence-electron chi connectivity index (χ1n) is 7.26. The fraction of sp³-hybridized carbons (Fsp3) is 0.786. The van der Waals surface area contributed by atoms with E-state index in [2.05, 4.69) is 4.98 Å². The van der Waals surface area contributed by atoms with Crippen LogP contribution in [0.5, 0.6) is 0 Å². The van der Waals surface area contributed by atoms with Crippen LogP contribution in [0.1, 0.15) is 41.3 Å². The molecular weight excluding hydrogens is 308 g/mol. The van der Waals surface area contributed by atoms with Gasteiger partial charge in [0.05, 0.1) is 22.6 Å². The lowest BCUT2D eigenvalue weighted by molar-refractivity contribution is 0.135. The molecule has 7 heteroatoms. The van der Waals surface area contributed by atoms with Gasteiger partial charge in [0.15, 0.2) is 0 Å². The zero-order valence-corrected chi connectivity index (χ0v) is 14.8. The molecule has 0 bridgehead atoms. The van der Waals surface area contributed by atoms with Gasteiger partial charge in [0.2, 0.25) is 10.0 Å². The Morgan fingerprint density at radius 3 is 2.90 bits per heavy atom. The fourth-order valence-corrected chi connectivity index (χ4v) is 5.18. The molecule has 0 N–H and O–H groups in total. The maximum atomic E-state index is 12.3. The van der Waals surface area contributed by atoms with Crippen molar-refractivity contribution in [2.24, 2.45) is 0 Å². The summed E-state index contributed by atoms with van der Waals surface area (Å²) >= 11 is 1.74. The van der Waals surface area contributed by atoms with Gasteiger partial charge in [0, 0.05) is 31.5 Å². The van der Waals surface area contributed by atoms with Crippen molar-refractivity contribution < 1.29 is 13.2 Å². The van der Waals surface area contributed by atoms with Crippen LogP contribution in [-0.2, 0) is 21.2 Å². The zero-order valence-electron chi connectivity index (χ0n) is 13.1. The molecule has 0 saturated heterocycles. The molecule has 2 unspecified atom stereocenters. The van der Waals surface area contributed by atoms with Gasteiger partial charge in [0.25, 0.3) is 0 Å². The number of sulfonamides is 1. The average Bonchev–Trinajstić information content (AvgIpc) is 2.79. The number of hydrogen-bond donors (Lipinski definition) is 0. The Balaban J connectivity index is 2.08. The van der Waals surface area contributed by atoms with Crippen molar-refractivity contribution in [1.82, 2.24) is 9.29 Å². The molecule has 120 valence electrons. The number of aromatic nitrogens is 1. The third kappa shape index (κ3) is 4.03. The molecule has 1 heterocycles. The van der Waals surface area contributed by atoms with E-state index in [1.807, 2.05) is 6.92 Å². The second kappa shape index (κ2) is 6.73. The summed E-state index contributed by atoms with van der Waals surface area (Å²) in [7, 11) is -0.0914. The quantitative estimate of drug-likeness (QED) is 0.801. The standard InChI is InChI=1S/C14H24N2O3S2/c1-10(19-4)9-21(17,18)16(3)8-12-6-5-7-13-14(12)15-11(2)20-13/h10,12H,5-9H2,1-4H3. The number of ether oxygens (including phenoxy) is 1. The van der Waals surface area contributed by atoms with Crippen LogP contribution in [0.25, 0.3) is 0 Å². The van der Waals surface area contributed by atoms with Crippen LogP contribution in [0, 0.1) is 6.92 Å². The molecule has 0 spiro atoms. The summed E-state index contributed by atoms with van der Waals surface area (Å²) in [6.45, 7) is 4.30. The number of thiazole rings is 1. The van der Waals surface area contributed by atoms with Gasteiger partial charge >= 0.3 is 0 Å². The highest BCUT2D eigenvalue weighted by Crippen LogP contribution is 2.35.